The fourth-order valence-electron chi connectivity index (χ4n) is 2.55. The van der Waals surface area contributed by atoms with Gasteiger partial charge in [-0.1, -0.05) is 6.07 Å². The van der Waals surface area contributed by atoms with Crippen LogP contribution in [0.3, 0.4) is 0 Å². The van der Waals surface area contributed by atoms with Crippen molar-refractivity contribution in [2.24, 2.45) is 5.73 Å². The lowest BCUT2D eigenvalue weighted by Crippen LogP contribution is -2.19. The summed E-state index contributed by atoms with van der Waals surface area (Å²) in [7, 11) is 1.38. The maximum atomic E-state index is 13.3. The highest BCUT2D eigenvalue weighted by Crippen LogP contribution is 2.29. The topological polar surface area (TPSA) is 83.2 Å². The summed E-state index contributed by atoms with van der Waals surface area (Å²) in [5.41, 5.74) is 7.78. The van der Waals surface area contributed by atoms with Gasteiger partial charge in [-0.25, -0.2) is 14.4 Å². The van der Waals surface area contributed by atoms with Crippen LogP contribution in [0.1, 0.15) is 17.0 Å². The molecule has 0 spiro atoms. The summed E-state index contributed by atoms with van der Waals surface area (Å²) in [5.74, 6) is -0.687. The summed E-state index contributed by atoms with van der Waals surface area (Å²) < 4.78 is 60.6. The average Bonchev–Trinajstić information content (AvgIpc) is 2.73. The third-order valence-corrected chi connectivity index (χ3v) is 3.86. The highest BCUT2D eigenvalue weighted by molar-refractivity contribution is 5.95. The van der Waals surface area contributed by atoms with E-state index in [9.17, 15) is 17.6 Å². The summed E-state index contributed by atoms with van der Waals surface area (Å²) in [4.78, 5) is 12.3. The van der Waals surface area contributed by atoms with E-state index < -0.39 is 18.6 Å². The van der Waals surface area contributed by atoms with Gasteiger partial charge in [0.25, 0.3) is 0 Å². The molecule has 3 rings (SSSR count). The largest absolute Gasteiger partial charge is 0.468 e. The van der Waals surface area contributed by atoms with E-state index in [1.165, 1.54) is 49.7 Å². The summed E-state index contributed by atoms with van der Waals surface area (Å²) in [5, 5.41) is 0. The zero-order valence-corrected chi connectivity index (χ0v) is 15.7. The number of rotatable bonds is 6. The maximum Gasteiger partial charge on any atom is 0.422 e. The summed E-state index contributed by atoms with van der Waals surface area (Å²) in [6, 6.07) is 11.3. The molecule has 10 heteroatoms. The maximum absolute atomic E-state index is 13.3. The summed E-state index contributed by atoms with van der Waals surface area (Å²) >= 11 is 0. The molecule has 0 atom stereocenters. The van der Waals surface area contributed by atoms with Crippen molar-refractivity contribution in [3.05, 3.63) is 77.5 Å². The minimum atomic E-state index is -4.51. The van der Waals surface area contributed by atoms with Crippen molar-refractivity contribution in [2.45, 2.75) is 6.18 Å². The van der Waals surface area contributed by atoms with Crippen LogP contribution in [-0.4, -0.2) is 34.8 Å². The lowest BCUT2D eigenvalue weighted by atomic mass is 10.0. The van der Waals surface area contributed by atoms with Crippen molar-refractivity contribution in [1.29, 1.82) is 0 Å². The van der Waals surface area contributed by atoms with Crippen LogP contribution >= 0.6 is 0 Å². The second-order valence-corrected chi connectivity index (χ2v) is 5.99. The van der Waals surface area contributed by atoms with E-state index in [1.54, 1.807) is 12.1 Å². The Morgan fingerprint density at radius 1 is 1.00 bits per heavy atom. The van der Waals surface area contributed by atoms with Crippen molar-refractivity contribution in [3.63, 3.8) is 0 Å². The quantitative estimate of drug-likeness (QED) is 0.611. The predicted octanol–water partition coefficient (Wildman–Crippen LogP) is 3.84. The first-order valence-electron chi connectivity index (χ1n) is 8.57. The Morgan fingerprint density at radius 2 is 1.70 bits per heavy atom. The molecule has 2 aromatic heterocycles. The number of benzene rings is 1. The molecule has 0 aliphatic carbocycles. The molecule has 0 aliphatic rings. The Bertz CT molecular complexity index is 1050. The number of nitrogens with two attached hydrogens (primary N) is 1. The van der Waals surface area contributed by atoms with Gasteiger partial charge >= 0.3 is 12.2 Å². The second kappa shape index (κ2) is 8.76. The number of hydrogen-bond acceptors (Lipinski definition) is 6. The molecular weight excluding hydrogens is 404 g/mol. The molecule has 0 saturated carbocycles. The molecule has 1 aromatic carbocycles. The molecule has 0 aliphatic heterocycles. The molecule has 0 unspecified atom stereocenters. The van der Waals surface area contributed by atoms with Crippen LogP contribution in [0.5, 0.6) is 11.9 Å². The van der Waals surface area contributed by atoms with Gasteiger partial charge in [0.15, 0.2) is 6.61 Å². The van der Waals surface area contributed by atoms with Crippen LogP contribution in [-0.2, 0) is 0 Å². The Labute approximate surface area is 169 Å². The lowest BCUT2D eigenvalue weighted by Gasteiger charge is -2.14. The van der Waals surface area contributed by atoms with Crippen LogP contribution in [0.25, 0.3) is 11.3 Å². The highest BCUT2D eigenvalue weighted by Gasteiger charge is 2.28. The standard InChI is InChI=1S/C20H16F4N4O2/c1-29-19-26-10-9-15(28-19)17(18(25)12-5-7-13(21)8-6-12)14-3-2-4-16(27-14)30-11-20(22,23)24/h2-10H,11,25H2,1H3. The van der Waals surface area contributed by atoms with Gasteiger partial charge in [-0.2, -0.15) is 18.2 Å². The number of ether oxygens (including phenoxy) is 2. The molecule has 2 N–H and O–H groups in total. The zero-order chi connectivity index (χ0) is 21.7. The molecule has 0 bridgehead atoms. The van der Waals surface area contributed by atoms with Crippen LogP contribution in [0.4, 0.5) is 17.6 Å². The first-order chi connectivity index (χ1) is 14.3. The molecule has 0 radical (unpaired) electrons. The minimum Gasteiger partial charge on any atom is -0.468 e. The number of halogens is 4. The zero-order valence-electron chi connectivity index (χ0n) is 15.7. The van der Waals surface area contributed by atoms with Crippen LogP contribution in [0, 0.1) is 5.82 Å². The fourth-order valence-corrected chi connectivity index (χ4v) is 2.55. The minimum absolute atomic E-state index is 0.0568. The number of nitrogens with zero attached hydrogens (tertiary/aromatic N) is 3. The Morgan fingerprint density at radius 3 is 2.37 bits per heavy atom. The average molecular weight is 420 g/mol. The molecule has 0 amide bonds. The van der Waals surface area contributed by atoms with Crippen LogP contribution in [0.2, 0.25) is 0 Å². The smallest absolute Gasteiger partial charge is 0.422 e. The van der Waals surface area contributed by atoms with E-state index in [1.807, 2.05) is 0 Å². The van der Waals surface area contributed by atoms with Crippen LogP contribution < -0.4 is 15.2 Å². The van der Waals surface area contributed by atoms with Crippen molar-refractivity contribution in [2.75, 3.05) is 13.7 Å². The third-order valence-electron chi connectivity index (χ3n) is 3.86. The Hall–Kier alpha value is -3.69. The Balaban J connectivity index is 2.12. The van der Waals surface area contributed by atoms with Gasteiger partial charge in [-0.05, 0) is 42.0 Å². The van der Waals surface area contributed by atoms with E-state index in [-0.39, 0.29) is 23.3 Å². The molecule has 0 saturated heterocycles. The normalized spacial score (nSPS) is 12.3. The van der Waals surface area contributed by atoms with Crippen molar-refractivity contribution in [3.8, 4) is 11.9 Å². The van der Waals surface area contributed by atoms with Gasteiger partial charge < -0.3 is 15.2 Å². The first kappa shape index (κ1) is 21.0. The van der Waals surface area contributed by atoms with Crippen molar-refractivity contribution >= 4 is 11.3 Å². The number of aromatic nitrogens is 3. The van der Waals surface area contributed by atoms with Gasteiger partial charge in [0.05, 0.1) is 24.2 Å². The van der Waals surface area contributed by atoms with Gasteiger partial charge in [0.2, 0.25) is 5.88 Å². The molecule has 30 heavy (non-hydrogen) atoms. The van der Waals surface area contributed by atoms with Crippen LogP contribution in [0.15, 0.2) is 54.7 Å². The van der Waals surface area contributed by atoms with E-state index in [0.717, 1.165) is 0 Å². The number of methoxy groups -OCH3 is 1. The SMILES string of the molecule is COc1nccc(C(=C(N)c2ccc(F)cc2)c2cccc(OCC(F)(F)F)n2)n1. The van der Waals surface area contributed by atoms with E-state index in [0.29, 0.717) is 16.8 Å². The van der Waals surface area contributed by atoms with Crippen molar-refractivity contribution in [1.82, 2.24) is 15.0 Å². The van der Waals surface area contributed by atoms with E-state index in [4.69, 9.17) is 15.2 Å². The summed E-state index contributed by atoms with van der Waals surface area (Å²) in [6.07, 6.45) is -3.08. The summed E-state index contributed by atoms with van der Waals surface area (Å²) in [6.45, 7) is -1.49. The molecule has 6 nitrogen and oxygen atoms in total. The lowest BCUT2D eigenvalue weighted by molar-refractivity contribution is -0.154. The van der Waals surface area contributed by atoms with Crippen molar-refractivity contribution < 1.29 is 27.0 Å². The second-order valence-electron chi connectivity index (χ2n) is 5.99. The van der Waals surface area contributed by atoms with Gasteiger partial charge in [0.1, 0.15) is 5.82 Å². The molecular formula is C20H16F4N4O2. The molecule has 3 aromatic rings. The van der Waals surface area contributed by atoms with E-state index in [2.05, 4.69) is 15.0 Å². The molecule has 156 valence electrons. The first-order valence-corrected chi connectivity index (χ1v) is 8.57. The van der Waals surface area contributed by atoms with Gasteiger partial charge in [0, 0.05) is 17.8 Å². The Kier molecular flexibility index (Phi) is 6.14. The third kappa shape index (κ3) is 5.22. The number of alkyl halides is 3. The highest BCUT2D eigenvalue weighted by atomic mass is 19.4. The van der Waals surface area contributed by atoms with Gasteiger partial charge in [-0.3, -0.25) is 0 Å². The number of pyridine rings is 1. The predicted molar refractivity (Wildman–Crippen MR) is 101 cm³/mol. The molecule has 0 fully saturated rings. The van der Waals surface area contributed by atoms with E-state index >= 15 is 0 Å². The fraction of sp³-hybridized carbons (Fsp3) is 0.150. The monoisotopic (exact) mass is 420 g/mol. The number of hydrogen-bond donors (Lipinski definition) is 1. The van der Waals surface area contributed by atoms with Gasteiger partial charge in [-0.15, -0.1) is 0 Å². The molecule has 2 heterocycles.